The quantitative estimate of drug-likeness (QED) is 0.710. The van der Waals surface area contributed by atoms with Crippen LogP contribution in [0.5, 0.6) is 0 Å². The molecule has 33 heavy (non-hydrogen) atoms. The van der Waals surface area contributed by atoms with E-state index in [1.807, 2.05) is 4.90 Å². The first-order chi connectivity index (χ1) is 15.4. The number of nitrogens with zero attached hydrogens (tertiary/aromatic N) is 2. The van der Waals surface area contributed by atoms with Crippen LogP contribution in [0.15, 0.2) is 41.3 Å². The first kappa shape index (κ1) is 23.1. The molecule has 0 bridgehead atoms. The van der Waals surface area contributed by atoms with Crippen LogP contribution in [0, 0.1) is 0 Å². The second-order valence-corrected chi connectivity index (χ2v) is 10.1. The number of hydrogen-bond donors (Lipinski definition) is 1. The third-order valence-corrected chi connectivity index (χ3v) is 7.70. The van der Waals surface area contributed by atoms with E-state index >= 15 is 0 Å². The number of alkyl halides is 3. The lowest BCUT2D eigenvalue weighted by atomic mass is 10.1. The molecule has 2 amide bonds. The highest BCUT2D eigenvalue weighted by Crippen LogP contribution is 2.37. The summed E-state index contributed by atoms with van der Waals surface area (Å²) in [5, 5.41) is 2.51. The van der Waals surface area contributed by atoms with Crippen LogP contribution in [0.4, 0.5) is 24.5 Å². The average molecular weight is 481 g/mol. The van der Waals surface area contributed by atoms with Crippen LogP contribution in [0.3, 0.4) is 0 Å². The van der Waals surface area contributed by atoms with E-state index < -0.39 is 39.6 Å². The molecule has 4 rings (SSSR count). The van der Waals surface area contributed by atoms with Crippen LogP contribution in [0.1, 0.15) is 53.0 Å². The average Bonchev–Trinajstić information content (AvgIpc) is 3.32. The van der Waals surface area contributed by atoms with E-state index in [9.17, 15) is 31.2 Å². The number of halogens is 3. The number of carbonyl (C=O) groups excluding carboxylic acids is 2. The van der Waals surface area contributed by atoms with E-state index in [-0.39, 0.29) is 21.7 Å². The summed E-state index contributed by atoms with van der Waals surface area (Å²) in [4.78, 5) is 27.0. The van der Waals surface area contributed by atoms with Gasteiger partial charge >= 0.3 is 6.18 Å². The highest BCUT2D eigenvalue weighted by molar-refractivity contribution is 7.90. The summed E-state index contributed by atoms with van der Waals surface area (Å²) in [6, 6.07) is 6.19. The standard InChI is InChI=1S/C22H22F3N3O4S/c1-13(2)28-21(30)16-7-5-14(11-19(16)33(28,31)32)20(29)26-17-12-15(22(23,24)25)6-8-18(17)27-9-3-4-10-27/h5-8,11-13H,3-4,9-10H2,1-2H3,(H,26,29). The van der Waals surface area contributed by atoms with E-state index in [0.29, 0.717) is 18.8 Å². The van der Waals surface area contributed by atoms with Gasteiger partial charge in [-0.3, -0.25) is 9.59 Å². The molecule has 2 aliphatic rings. The predicted molar refractivity (Wildman–Crippen MR) is 116 cm³/mol. The van der Waals surface area contributed by atoms with Crippen molar-refractivity contribution in [2.24, 2.45) is 0 Å². The third-order valence-electron chi connectivity index (χ3n) is 5.70. The number of fused-ring (bicyclic) bond motifs is 1. The maximum Gasteiger partial charge on any atom is 0.416 e. The number of nitrogens with one attached hydrogen (secondary N) is 1. The Kier molecular flexibility index (Phi) is 5.63. The first-order valence-electron chi connectivity index (χ1n) is 10.4. The number of amides is 2. The van der Waals surface area contributed by atoms with Gasteiger partial charge in [0.2, 0.25) is 0 Å². The minimum atomic E-state index is -4.59. The molecule has 0 spiro atoms. The Morgan fingerprint density at radius 3 is 2.33 bits per heavy atom. The molecule has 0 aromatic heterocycles. The van der Waals surface area contributed by atoms with Crippen LogP contribution in [0.2, 0.25) is 0 Å². The summed E-state index contributed by atoms with van der Waals surface area (Å²) >= 11 is 0. The van der Waals surface area contributed by atoms with Crippen LogP contribution in [0.25, 0.3) is 0 Å². The minimum absolute atomic E-state index is 0.0139. The molecule has 0 atom stereocenters. The van der Waals surface area contributed by atoms with Gasteiger partial charge in [-0.05, 0) is 63.1 Å². The van der Waals surface area contributed by atoms with Gasteiger partial charge in [0.05, 0.1) is 22.5 Å². The molecule has 0 unspecified atom stereocenters. The van der Waals surface area contributed by atoms with Crippen molar-refractivity contribution >= 4 is 33.2 Å². The largest absolute Gasteiger partial charge is 0.416 e. The fraction of sp³-hybridized carbons (Fsp3) is 0.364. The van der Waals surface area contributed by atoms with Crippen LogP contribution in [-0.2, 0) is 16.2 Å². The number of sulfonamides is 1. The fourth-order valence-corrected chi connectivity index (χ4v) is 5.93. The van der Waals surface area contributed by atoms with Crippen molar-refractivity contribution < 1.29 is 31.2 Å². The van der Waals surface area contributed by atoms with E-state index in [1.165, 1.54) is 18.2 Å². The summed E-state index contributed by atoms with van der Waals surface area (Å²) < 4.78 is 66.2. The highest BCUT2D eigenvalue weighted by atomic mass is 32.2. The second kappa shape index (κ2) is 8.05. The zero-order chi connectivity index (χ0) is 24.1. The summed E-state index contributed by atoms with van der Waals surface area (Å²) in [5.41, 5.74) is -0.586. The van der Waals surface area contributed by atoms with Crippen LogP contribution < -0.4 is 10.2 Å². The third kappa shape index (κ3) is 4.05. The molecule has 2 aromatic rings. The molecule has 1 fully saturated rings. The van der Waals surface area contributed by atoms with Crippen LogP contribution >= 0.6 is 0 Å². The van der Waals surface area contributed by atoms with Gasteiger partial charge in [-0.25, -0.2) is 12.7 Å². The molecule has 1 N–H and O–H groups in total. The van der Waals surface area contributed by atoms with Crippen molar-refractivity contribution in [3.63, 3.8) is 0 Å². The molecule has 1 saturated heterocycles. The first-order valence-corrected chi connectivity index (χ1v) is 11.9. The molecule has 176 valence electrons. The monoisotopic (exact) mass is 481 g/mol. The van der Waals surface area contributed by atoms with Gasteiger partial charge in [-0.2, -0.15) is 13.2 Å². The predicted octanol–water partition coefficient (Wildman–Crippen LogP) is 4.11. The molecule has 7 nitrogen and oxygen atoms in total. The highest BCUT2D eigenvalue weighted by Gasteiger charge is 2.43. The lowest BCUT2D eigenvalue weighted by Crippen LogP contribution is -2.36. The van der Waals surface area contributed by atoms with Crippen LogP contribution in [-0.4, -0.2) is 43.7 Å². The number of hydrogen-bond acceptors (Lipinski definition) is 5. The van der Waals surface area contributed by atoms with Crippen molar-refractivity contribution in [3.05, 3.63) is 53.1 Å². The summed E-state index contributed by atoms with van der Waals surface area (Å²) in [6.07, 6.45) is -2.82. The van der Waals surface area contributed by atoms with Crippen molar-refractivity contribution in [2.75, 3.05) is 23.3 Å². The molecule has 0 radical (unpaired) electrons. The van der Waals surface area contributed by atoms with E-state index in [1.54, 1.807) is 13.8 Å². The fourth-order valence-electron chi connectivity index (χ4n) is 4.14. The lowest BCUT2D eigenvalue weighted by molar-refractivity contribution is -0.137. The topological polar surface area (TPSA) is 86.8 Å². The normalized spacial score (nSPS) is 17.6. The summed E-state index contributed by atoms with van der Waals surface area (Å²) in [7, 11) is -4.12. The minimum Gasteiger partial charge on any atom is -0.370 e. The maximum absolute atomic E-state index is 13.3. The zero-order valence-electron chi connectivity index (χ0n) is 17.9. The molecule has 0 aliphatic carbocycles. The van der Waals surface area contributed by atoms with E-state index in [0.717, 1.165) is 35.3 Å². The van der Waals surface area contributed by atoms with Crippen molar-refractivity contribution in [1.82, 2.24) is 4.31 Å². The lowest BCUT2D eigenvalue weighted by Gasteiger charge is -2.23. The Labute approximate surface area is 189 Å². The smallest absolute Gasteiger partial charge is 0.370 e. The van der Waals surface area contributed by atoms with Crippen molar-refractivity contribution in [3.8, 4) is 0 Å². The second-order valence-electron chi connectivity index (χ2n) is 8.29. The molecule has 2 aliphatic heterocycles. The van der Waals surface area contributed by atoms with Gasteiger partial charge in [0, 0.05) is 24.7 Å². The Balaban J connectivity index is 1.70. The molecular weight excluding hydrogens is 459 g/mol. The number of carbonyl (C=O) groups is 2. The molecule has 2 heterocycles. The Morgan fingerprint density at radius 2 is 1.73 bits per heavy atom. The Morgan fingerprint density at radius 1 is 1.06 bits per heavy atom. The maximum atomic E-state index is 13.3. The molecular formula is C22H22F3N3O4S. The number of benzene rings is 2. The van der Waals surface area contributed by atoms with Gasteiger partial charge in [0.25, 0.3) is 21.8 Å². The summed E-state index contributed by atoms with van der Waals surface area (Å²) in [6.45, 7) is 4.42. The zero-order valence-corrected chi connectivity index (χ0v) is 18.8. The van der Waals surface area contributed by atoms with Gasteiger partial charge in [-0.15, -0.1) is 0 Å². The SMILES string of the molecule is CC(C)N1C(=O)c2ccc(C(=O)Nc3cc(C(F)(F)F)ccc3N3CCCC3)cc2S1(=O)=O. The van der Waals surface area contributed by atoms with Gasteiger partial charge in [-0.1, -0.05) is 0 Å². The van der Waals surface area contributed by atoms with E-state index in [4.69, 9.17) is 0 Å². The Hall–Kier alpha value is -3.08. The number of rotatable bonds is 4. The molecule has 11 heteroatoms. The van der Waals surface area contributed by atoms with Crippen molar-refractivity contribution in [2.45, 2.75) is 43.8 Å². The summed E-state index contributed by atoms with van der Waals surface area (Å²) in [5.74, 6) is -1.45. The molecule has 0 saturated carbocycles. The van der Waals surface area contributed by atoms with Crippen molar-refractivity contribution in [1.29, 1.82) is 0 Å². The van der Waals surface area contributed by atoms with Gasteiger partial charge in [0.1, 0.15) is 4.90 Å². The van der Waals surface area contributed by atoms with Gasteiger partial charge < -0.3 is 10.2 Å². The number of anilines is 2. The van der Waals surface area contributed by atoms with Gasteiger partial charge in [0.15, 0.2) is 0 Å². The molecule has 2 aromatic carbocycles. The van der Waals surface area contributed by atoms with E-state index in [2.05, 4.69) is 5.32 Å². The Bertz CT molecular complexity index is 1240.